The Morgan fingerprint density at radius 1 is 1.15 bits per heavy atom. The summed E-state index contributed by atoms with van der Waals surface area (Å²) >= 11 is 5.91. The van der Waals surface area contributed by atoms with Crippen molar-refractivity contribution in [2.45, 2.75) is 19.4 Å². The maximum atomic E-state index is 5.91. The smallest absolute Gasteiger partial charge is 0.124 e. The molecule has 0 saturated carbocycles. The molecule has 106 valence electrons. The Balaban J connectivity index is 2.21. The van der Waals surface area contributed by atoms with Gasteiger partial charge in [0.25, 0.3) is 0 Å². The van der Waals surface area contributed by atoms with Gasteiger partial charge in [-0.1, -0.05) is 41.9 Å². The molecule has 4 heteroatoms. The third kappa shape index (κ3) is 3.73. The van der Waals surface area contributed by atoms with Crippen molar-refractivity contribution in [1.82, 2.24) is 5.43 Å². The number of benzene rings is 2. The van der Waals surface area contributed by atoms with Crippen LogP contribution < -0.4 is 16.0 Å². The van der Waals surface area contributed by atoms with Crippen LogP contribution in [0.1, 0.15) is 24.1 Å². The Bertz CT molecular complexity index is 542. The Morgan fingerprint density at radius 2 is 1.85 bits per heavy atom. The maximum absolute atomic E-state index is 5.91. The maximum Gasteiger partial charge on any atom is 0.124 e. The summed E-state index contributed by atoms with van der Waals surface area (Å²) in [4.78, 5) is 0. The standard InChI is InChI=1S/C16H19ClN2O/c1-2-20-16-6-4-3-5-14(16)15(19-18)11-12-7-9-13(17)10-8-12/h3-10,15,19H,2,11,18H2,1H3. The van der Waals surface area contributed by atoms with Crippen LogP contribution in [0.2, 0.25) is 5.02 Å². The minimum atomic E-state index is -0.000995. The van der Waals surface area contributed by atoms with Crippen LogP contribution in [0.25, 0.3) is 0 Å². The predicted molar refractivity (Wildman–Crippen MR) is 82.8 cm³/mol. The number of hydrogen-bond donors (Lipinski definition) is 2. The van der Waals surface area contributed by atoms with Crippen LogP contribution in [0.3, 0.4) is 0 Å². The number of ether oxygens (including phenoxy) is 1. The topological polar surface area (TPSA) is 47.3 Å². The zero-order valence-corrected chi connectivity index (χ0v) is 12.2. The number of nitrogens with two attached hydrogens (primary N) is 1. The quantitative estimate of drug-likeness (QED) is 0.632. The van der Waals surface area contributed by atoms with Crippen molar-refractivity contribution in [1.29, 1.82) is 0 Å². The highest BCUT2D eigenvalue weighted by molar-refractivity contribution is 6.30. The molecule has 0 bridgehead atoms. The zero-order valence-electron chi connectivity index (χ0n) is 11.5. The molecule has 0 radical (unpaired) electrons. The molecule has 0 fully saturated rings. The normalized spacial score (nSPS) is 12.2. The van der Waals surface area contributed by atoms with Gasteiger partial charge in [-0.3, -0.25) is 11.3 Å². The molecule has 0 amide bonds. The second kappa shape index (κ2) is 7.29. The van der Waals surface area contributed by atoms with E-state index in [9.17, 15) is 0 Å². The Kier molecular flexibility index (Phi) is 5.41. The fraction of sp³-hybridized carbons (Fsp3) is 0.250. The van der Waals surface area contributed by atoms with E-state index in [0.29, 0.717) is 6.61 Å². The van der Waals surface area contributed by atoms with Gasteiger partial charge in [-0.2, -0.15) is 0 Å². The van der Waals surface area contributed by atoms with E-state index in [0.717, 1.165) is 22.8 Å². The summed E-state index contributed by atoms with van der Waals surface area (Å²) in [6.07, 6.45) is 0.776. The molecule has 2 aromatic rings. The van der Waals surface area contributed by atoms with E-state index in [2.05, 4.69) is 5.43 Å². The molecular formula is C16H19ClN2O. The van der Waals surface area contributed by atoms with Crippen LogP contribution in [-0.2, 0) is 6.42 Å². The van der Waals surface area contributed by atoms with Gasteiger partial charge in [0.15, 0.2) is 0 Å². The first-order valence-corrected chi connectivity index (χ1v) is 7.04. The van der Waals surface area contributed by atoms with E-state index in [4.69, 9.17) is 22.2 Å². The lowest BCUT2D eigenvalue weighted by Crippen LogP contribution is -2.30. The molecule has 1 unspecified atom stereocenters. The van der Waals surface area contributed by atoms with Crippen molar-refractivity contribution in [3.05, 3.63) is 64.7 Å². The number of hydrazine groups is 1. The van der Waals surface area contributed by atoms with Crippen molar-refractivity contribution in [2.75, 3.05) is 6.61 Å². The Morgan fingerprint density at radius 3 is 2.50 bits per heavy atom. The van der Waals surface area contributed by atoms with Crippen molar-refractivity contribution >= 4 is 11.6 Å². The van der Waals surface area contributed by atoms with Crippen LogP contribution in [0.4, 0.5) is 0 Å². The van der Waals surface area contributed by atoms with E-state index < -0.39 is 0 Å². The van der Waals surface area contributed by atoms with E-state index >= 15 is 0 Å². The monoisotopic (exact) mass is 290 g/mol. The fourth-order valence-corrected chi connectivity index (χ4v) is 2.30. The van der Waals surface area contributed by atoms with Crippen LogP contribution in [0.5, 0.6) is 5.75 Å². The summed E-state index contributed by atoms with van der Waals surface area (Å²) < 4.78 is 5.66. The minimum absolute atomic E-state index is 0.000995. The lowest BCUT2D eigenvalue weighted by molar-refractivity contribution is 0.331. The summed E-state index contributed by atoms with van der Waals surface area (Å²) in [5.74, 6) is 6.58. The number of halogens is 1. The molecule has 3 nitrogen and oxygen atoms in total. The second-order valence-corrected chi connectivity index (χ2v) is 4.96. The summed E-state index contributed by atoms with van der Waals surface area (Å²) in [5.41, 5.74) is 5.10. The Labute approximate surface area is 124 Å². The largest absolute Gasteiger partial charge is 0.494 e. The molecule has 0 spiro atoms. The molecule has 2 aromatic carbocycles. The molecule has 1 atom stereocenters. The number of rotatable bonds is 6. The Hall–Kier alpha value is -1.55. The summed E-state index contributed by atoms with van der Waals surface area (Å²) in [6, 6.07) is 15.7. The molecule has 20 heavy (non-hydrogen) atoms. The first kappa shape index (κ1) is 14.9. The van der Waals surface area contributed by atoms with Gasteiger partial charge < -0.3 is 4.74 Å². The SMILES string of the molecule is CCOc1ccccc1C(Cc1ccc(Cl)cc1)NN. The third-order valence-corrected chi connectivity index (χ3v) is 3.40. The lowest BCUT2D eigenvalue weighted by Gasteiger charge is -2.19. The zero-order chi connectivity index (χ0) is 14.4. The number of hydrogen-bond acceptors (Lipinski definition) is 3. The highest BCUT2D eigenvalue weighted by atomic mass is 35.5. The van der Waals surface area contributed by atoms with Gasteiger partial charge >= 0.3 is 0 Å². The van der Waals surface area contributed by atoms with Gasteiger partial charge in [0, 0.05) is 10.6 Å². The molecular weight excluding hydrogens is 272 g/mol. The van der Waals surface area contributed by atoms with E-state index in [1.54, 1.807) is 0 Å². The van der Waals surface area contributed by atoms with Gasteiger partial charge in [0.1, 0.15) is 5.75 Å². The number of para-hydroxylation sites is 1. The molecule has 0 saturated heterocycles. The van der Waals surface area contributed by atoms with Crippen LogP contribution in [0, 0.1) is 0 Å². The van der Waals surface area contributed by atoms with E-state index in [1.165, 1.54) is 5.56 Å². The minimum Gasteiger partial charge on any atom is -0.494 e. The molecule has 0 aliphatic carbocycles. The average Bonchev–Trinajstić information content (AvgIpc) is 2.48. The van der Waals surface area contributed by atoms with Crippen molar-refractivity contribution in [3.63, 3.8) is 0 Å². The highest BCUT2D eigenvalue weighted by Gasteiger charge is 2.15. The molecule has 2 rings (SSSR count). The van der Waals surface area contributed by atoms with Gasteiger partial charge in [-0.15, -0.1) is 0 Å². The average molecular weight is 291 g/mol. The van der Waals surface area contributed by atoms with Crippen LogP contribution in [-0.4, -0.2) is 6.61 Å². The number of nitrogens with one attached hydrogen (secondary N) is 1. The van der Waals surface area contributed by atoms with Crippen molar-refractivity contribution in [3.8, 4) is 5.75 Å². The summed E-state index contributed by atoms with van der Waals surface area (Å²) in [6.45, 7) is 2.61. The van der Waals surface area contributed by atoms with Crippen LogP contribution >= 0.6 is 11.6 Å². The van der Waals surface area contributed by atoms with Crippen molar-refractivity contribution in [2.24, 2.45) is 5.84 Å². The summed E-state index contributed by atoms with van der Waals surface area (Å²) in [5, 5.41) is 0.737. The molecule has 0 aliphatic heterocycles. The summed E-state index contributed by atoms with van der Waals surface area (Å²) in [7, 11) is 0. The van der Waals surface area contributed by atoms with Gasteiger partial charge in [-0.05, 0) is 37.1 Å². The fourth-order valence-electron chi connectivity index (χ4n) is 2.17. The van der Waals surface area contributed by atoms with Crippen LogP contribution in [0.15, 0.2) is 48.5 Å². The van der Waals surface area contributed by atoms with E-state index in [-0.39, 0.29) is 6.04 Å². The molecule has 0 aromatic heterocycles. The highest BCUT2D eigenvalue weighted by Crippen LogP contribution is 2.27. The first-order chi connectivity index (χ1) is 9.74. The van der Waals surface area contributed by atoms with Crippen molar-refractivity contribution < 1.29 is 4.74 Å². The lowest BCUT2D eigenvalue weighted by atomic mass is 9.98. The first-order valence-electron chi connectivity index (χ1n) is 6.67. The van der Waals surface area contributed by atoms with Gasteiger partial charge in [0.05, 0.1) is 12.6 Å². The molecule has 3 N–H and O–H groups in total. The van der Waals surface area contributed by atoms with Gasteiger partial charge in [-0.25, -0.2) is 0 Å². The second-order valence-electron chi connectivity index (χ2n) is 4.52. The predicted octanol–water partition coefficient (Wildman–Crippen LogP) is 3.49. The van der Waals surface area contributed by atoms with Gasteiger partial charge in [0.2, 0.25) is 0 Å². The third-order valence-electron chi connectivity index (χ3n) is 3.15. The van der Waals surface area contributed by atoms with E-state index in [1.807, 2.05) is 55.5 Å². The molecule has 0 heterocycles. The molecule has 0 aliphatic rings.